The number of nitrogens with one attached hydrogen (secondary N) is 1. The van der Waals surface area contributed by atoms with E-state index >= 15 is 0 Å². The van der Waals surface area contributed by atoms with Gasteiger partial charge in [0, 0.05) is 23.5 Å². The van der Waals surface area contributed by atoms with Crippen molar-refractivity contribution in [3.05, 3.63) is 52.0 Å². The average molecular weight is 286 g/mol. The van der Waals surface area contributed by atoms with Gasteiger partial charge in [-0.15, -0.1) is 0 Å². The topological polar surface area (TPSA) is 63.8 Å². The third-order valence-electron chi connectivity index (χ3n) is 3.40. The van der Waals surface area contributed by atoms with E-state index in [0.717, 1.165) is 40.8 Å². The maximum absolute atomic E-state index is 5.58. The summed E-state index contributed by atoms with van der Waals surface area (Å²) in [4.78, 5) is 9.25. The number of anilines is 1. The van der Waals surface area contributed by atoms with Gasteiger partial charge in [0.25, 0.3) is 0 Å². The normalized spacial score (nSPS) is 13.3. The first kappa shape index (κ1) is 13.4. The molecule has 20 heavy (non-hydrogen) atoms. The molecule has 0 aliphatic carbocycles. The molecule has 0 radical (unpaired) electrons. The second-order valence-corrected chi connectivity index (χ2v) is 6.21. The Hall–Kier alpha value is -1.59. The summed E-state index contributed by atoms with van der Waals surface area (Å²) < 4.78 is 0. The highest BCUT2D eigenvalue weighted by molar-refractivity contribution is 7.98. The van der Waals surface area contributed by atoms with Crippen molar-refractivity contribution in [1.82, 2.24) is 9.97 Å². The molecular formula is C15H18N4S. The number of nitrogens with zero attached hydrogens (tertiary/aromatic N) is 2. The van der Waals surface area contributed by atoms with Crippen LogP contribution in [0.15, 0.2) is 18.2 Å². The molecule has 0 saturated heterocycles. The number of benzene rings is 1. The van der Waals surface area contributed by atoms with Crippen LogP contribution in [-0.4, -0.2) is 9.97 Å². The first-order valence-corrected chi connectivity index (χ1v) is 7.81. The number of aromatic nitrogens is 2. The zero-order valence-corrected chi connectivity index (χ0v) is 12.5. The van der Waals surface area contributed by atoms with Crippen LogP contribution in [0.25, 0.3) is 0 Å². The van der Waals surface area contributed by atoms with Gasteiger partial charge in [-0.3, -0.25) is 0 Å². The van der Waals surface area contributed by atoms with Crippen LogP contribution in [0.5, 0.6) is 0 Å². The number of hydrogen-bond acceptors (Lipinski definition) is 5. The first-order valence-electron chi connectivity index (χ1n) is 6.66. The average Bonchev–Trinajstić information content (AvgIpc) is 2.84. The van der Waals surface area contributed by atoms with E-state index in [-0.39, 0.29) is 0 Å². The van der Waals surface area contributed by atoms with Crippen LogP contribution in [0.3, 0.4) is 0 Å². The number of hydrazine groups is 1. The molecule has 3 N–H and O–H groups in total. The summed E-state index contributed by atoms with van der Waals surface area (Å²) in [6.07, 6.45) is 0.745. The van der Waals surface area contributed by atoms with Gasteiger partial charge in [-0.2, -0.15) is 11.8 Å². The molecule has 0 spiro atoms. The molecule has 1 aromatic carbocycles. The van der Waals surface area contributed by atoms with Gasteiger partial charge in [0.15, 0.2) is 0 Å². The van der Waals surface area contributed by atoms with Gasteiger partial charge >= 0.3 is 0 Å². The lowest BCUT2D eigenvalue weighted by atomic mass is 10.0. The van der Waals surface area contributed by atoms with Crippen molar-refractivity contribution in [1.29, 1.82) is 0 Å². The SMILES string of the molecule is Cc1cc(C)cc(Cc2nc3c(c(NN)n2)CSC3)c1. The van der Waals surface area contributed by atoms with Crippen LogP contribution in [0, 0.1) is 13.8 Å². The Bertz CT molecular complexity index is 634. The van der Waals surface area contributed by atoms with Gasteiger partial charge in [0.05, 0.1) is 5.69 Å². The van der Waals surface area contributed by atoms with Crippen LogP contribution in [0.1, 0.15) is 33.8 Å². The van der Waals surface area contributed by atoms with Gasteiger partial charge < -0.3 is 5.43 Å². The lowest BCUT2D eigenvalue weighted by Gasteiger charge is -2.09. The van der Waals surface area contributed by atoms with Crippen molar-refractivity contribution >= 4 is 17.6 Å². The molecule has 2 heterocycles. The summed E-state index contributed by atoms with van der Waals surface area (Å²) in [5, 5.41) is 0. The van der Waals surface area contributed by atoms with Crippen LogP contribution < -0.4 is 11.3 Å². The van der Waals surface area contributed by atoms with Crippen molar-refractivity contribution in [2.75, 3.05) is 5.43 Å². The van der Waals surface area contributed by atoms with Crippen molar-refractivity contribution in [2.24, 2.45) is 5.84 Å². The minimum Gasteiger partial charge on any atom is -0.308 e. The maximum Gasteiger partial charge on any atom is 0.148 e. The van der Waals surface area contributed by atoms with Crippen molar-refractivity contribution in [3.63, 3.8) is 0 Å². The summed E-state index contributed by atoms with van der Waals surface area (Å²) >= 11 is 1.85. The van der Waals surface area contributed by atoms with Gasteiger partial charge in [0.2, 0.25) is 0 Å². The molecule has 1 aliphatic heterocycles. The van der Waals surface area contributed by atoms with Crippen molar-refractivity contribution in [3.8, 4) is 0 Å². The first-order chi connectivity index (χ1) is 9.65. The van der Waals surface area contributed by atoms with E-state index in [1.165, 1.54) is 16.7 Å². The molecule has 0 unspecified atom stereocenters. The minimum atomic E-state index is 0.745. The van der Waals surface area contributed by atoms with Crippen molar-refractivity contribution in [2.45, 2.75) is 31.8 Å². The lowest BCUT2D eigenvalue weighted by molar-refractivity contribution is 0.924. The fraction of sp³-hybridized carbons (Fsp3) is 0.333. The van der Waals surface area contributed by atoms with E-state index in [2.05, 4.69) is 47.4 Å². The van der Waals surface area contributed by atoms with E-state index in [1.54, 1.807) is 0 Å². The highest BCUT2D eigenvalue weighted by atomic mass is 32.2. The molecule has 104 valence electrons. The second kappa shape index (κ2) is 5.42. The highest BCUT2D eigenvalue weighted by Gasteiger charge is 2.19. The molecule has 0 fully saturated rings. The minimum absolute atomic E-state index is 0.745. The molecule has 1 aromatic heterocycles. The number of fused-ring (bicyclic) bond motifs is 1. The Labute approximate surface area is 123 Å². The quantitative estimate of drug-likeness (QED) is 0.671. The summed E-state index contributed by atoms with van der Waals surface area (Å²) in [6, 6.07) is 6.55. The number of nitrogen functional groups attached to an aromatic ring is 1. The van der Waals surface area contributed by atoms with E-state index in [9.17, 15) is 0 Å². The summed E-state index contributed by atoms with van der Waals surface area (Å²) in [6.45, 7) is 4.23. The smallest absolute Gasteiger partial charge is 0.148 e. The van der Waals surface area contributed by atoms with Gasteiger partial charge in [0.1, 0.15) is 11.6 Å². The number of hydrogen-bond donors (Lipinski definition) is 2. The molecule has 3 rings (SSSR count). The number of rotatable bonds is 3. The Morgan fingerprint density at radius 3 is 2.60 bits per heavy atom. The molecule has 0 saturated carbocycles. The highest BCUT2D eigenvalue weighted by Crippen LogP contribution is 2.32. The fourth-order valence-corrected chi connectivity index (χ4v) is 3.70. The molecular weight excluding hydrogens is 268 g/mol. The summed E-state index contributed by atoms with van der Waals surface area (Å²) in [7, 11) is 0. The van der Waals surface area contributed by atoms with Crippen LogP contribution in [0.2, 0.25) is 0 Å². The van der Waals surface area contributed by atoms with Gasteiger partial charge in [-0.1, -0.05) is 29.3 Å². The monoisotopic (exact) mass is 286 g/mol. The van der Waals surface area contributed by atoms with Crippen molar-refractivity contribution < 1.29 is 0 Å². The van der Waals surface area contributed by atoms with Crippen LogP contribution in [0.4, 0.5) is 5.82 Å². The molecule has 0 amide bonds. The zero-order valence-electron chi connectivity index (χ0n) is 11.7. The van der Waals surface area contributed by atoms with Gasteiger partial charge in [-0.25, -0.2) is 15.8 Å². The summed E-state index contributed by atoms with van der Waals surface area (Å²) in [5.74, 6) is 9.09. The zero-order chi connectivity index (χ0) is 14.1. The fourth-order valence-electron chi connectivity index (χ4n) is 2.65. The van der Waals surface area contributed by atoms with E-state index in [1.807, 2.05) is 11.8 Å². The third kappa shape index (κ3) is 2.64. The van der Waals surface area contributed by atoms with E-state index in [4.69, 9.17) is 5.84 Å². The number of thioether (sulfide) groups is 1. The predicted molar refractivity (Wildman–Crippen MR) is 83.6 cm³/mol. The van der Waals surface area contributed by atoms with Gasteiger partial charge in [-0.05, 0) is 19.4 Å². The third-order valence-corrected chi connectivity index (χ3v) is 4.38. The Kier molecular flexibility index (Phi) is 3.63. The second-order valence-electron chi connectivity index (χ2n) is 5.22. The number of aryl methyl sites for hydroxylation is 2. The Balaban J connectivity index is 1.95. The van der Waals surface area contributed by atoms with Crippen LogP contribution in [-0.2, 0) is 17.9 Å². The van der Waals surface area contributed by atoms with E-state index < -0.39 is 0 Å². The predicted octanol–water partition coefficient (Wildman–Crippen LogP) is 2.72. The largest absolute Gasteiger partial charge is 0.308 e. The molecule has 5 heteroatoms. The van der Waals surface area contributed by atoms with Crippen LogP contribution >= 0.6 is 11.8 Å². The Morgan fingerprint density at radius 2 is 1.90 bits per heavy atom. The molecule has 4 nitrogen and oxygen atoms in total. The molecule has 0 bridgehead atoms. The number of nitrogens with two attached hydrogens (primary N) is 1. The molecule has 0 atom stereocenters. The standard InChI is InChI=1S/C15H18N4S/c1-9-3-10(2)5-11(4-9)6-14-17-13-8-20-7-12(13)15(18-14)19-16/h3-5H,6-8,16H2,1-2H3,(H,17,18,19). The Morgan fingerprint density at radius 1 is 1.15 bits per heavy atom. The summed E-state index contributed by atoms with van der Waals surface area (Å²) in [5.41, 5.74) is 8.78. The van der Waals surface area contributed by atoms with E-state index in [0.29, 0.717) is 0 Å². The molecule has 1 aliphatic rings. The molecule has 2 aromatic rings. The maximum atomic E-state index is 5.58. The lowest BCUT2D eigenvalue weighted by Crippen LogP contribution is -2.14.